The Bertz CT molecular complexity index is 386. The normalized spacial score (nSPS) is 9.94. The largest absolute Gasteiger partial charge is 0.508 e. The zero-order valence-corrected chi connectivity index (χ0v) is 9.94. The van der Waals surface area contributed by atoms with Crippen LogP contribution in [0.4, 0.5) is 0 Å². The van der Waals surface area contributed by atoms with Gasteiger partial charge in [0, 0.05) is 6.42 Å². The van der Waals surface area contributed by atoms with Crippen LogP contribution in [0.2, 0.25) is 0 Å². The number of ether oxygens (including phenoxy) is 1. The Morgan fingerprint density at radius 3 is 2.47 bits per heavy atom. The van der Waals surface area contributed by atoms with E-state index in [0.717, 1.165) is 5.56 Å². The molecule has 1 rings (SSSR count). The molecule has 1 aromatic rings. The van der Waals surface area contributed by atoms with Crippen molar-refractivity contribution >= 4 is 23.4 Å². The monoisotopic (exact) mass is 256 g/mol. The van der Waals surface area contributed by atoms with E-state index >= 15 is 0 Å². The number of aryl methyl sites for hydroxylation is 1. The Morgan fingerprint density at radius 1 is 1.24 bits per heavy atom. The van der Waals surface area contributed by atoms with Crippen molar-refractivity contribution < 1.29 is 19.4 Å². The van der Waals surface area contributed by atoms with Gasteiger partial charge in [-0.25, -0.2) is 0 Å². The quantitative estimate of drug-likeness (QED) is 0.621. The summed E-state index contributed by atoms with van der Waals surface area (Å²) in [6.07, 6.45) is 0.703. The first-order valence-corrected chi connectivity index (χ1v) is 5.66. The summed E-state index contributed by atoms with van der Waals surface area (Å²) in [7, 11) is 0. The lowest BCUT2D eigenvalue weighted by Gasteiger charge is -2.03. The number of Topliss-reactive ketones (excluding diaryl/α,β-unsaturated/α-hetero) is 1. The van der Waals surface area contributed by atoms with Crippen LogP contribution in [0, 0.1) is 0 Å². The molecule has 0 radical (unpaired) electrons. The Hall–Kier alpha value is -1.55. The second-order valence-electron chi connectivity index (χ2n) is 3.50. The predicted molar refractivity (Wildman–Crippen MR) is 63.1 cm³/mol. The number of carbonyl (C=O) groups excluding carboxylic acids is 2. The van der Waals surface area contributed by atoms with E-state index in [1.165, 1.54) is 0 Å². The number of esters is 1. The van der Waals surface area contributed by atoms with Gasteiger partial charge in [0.2, 0.25) is 0 Å². The highest BCUT2D eigenvalue weighted by Crippen LogP contribution is 2.11. The van der Waals surface area contributed by atoms with Gasteiger partial charge in [-0.05, 0) is 24.1 Å². The van der Waals surface area contributed by atoms with Crippen molar-refractivity contribution in [2.24, 2.45) is 0 Å². The third-order valence-corrected chi connectivity index (χ3v) is 2.40. The second kappa shape index (κ2) is 6.91. The molecule has 1 N–H and O–H groups in total. The minimum Gasteiger partial charge on any atom is -0.508 e. The lowest BCUT2D eigenvalue weighted by molar-refractivity contribution is -0.147. The molecule has 17 heavy (non-hydrogen) atoms. The SMILES string of the molecule is O=C(CCl)COC(=O)CCc1ccc(O)cc1. The van der Waals surface area contributed by atoms with Crippen LogP contribution in [0.5, 0.6) is 5.75 Å². The van der Waals surface area contributed by atoms with E-state index in [4.69, 9.17) is 21.4 Å². The van der Waals surface area contributed by atoms with E-state index in [1.54, 1.807) is 24.3 Å². The zero-order valence-electron chi connectivity index (χ0n) is 9.19. The standard InChI is InChI=1S/C12H13ClO4/c13-7-11(15)8-17-12(16)6-3-9-1-4-10(14)5-2-9/h1-2,4-5,14H,3,6-8H2. The van der Waals surface area contributed by atoms with Crippen LogP contribution in [-0.2, 0) is 20.7 Å². The summed E-state index contributed by atoms with van der Waals surface area (Å²) < 4.78 is 4.72. The molecule has 0 aliphatic heterocycles. The van der Waals surface area contributed by atoms with E-state index in [-0.39, 0.29) is 30.4 Å². The average molecular weight is 257 g/mol. The molecule has 0 unspecified atom stereocenters. The molecule has 0 bridgehead atoms. The van der Waals surface area contributed by atoms with E-state index in [1.807, 2.05) is 0 Å². The Kier molecular flexibility index (Phi) is 5.49. The summed E-state index contributed by atoms with van der Waals surface area (Å²) in [4.78, 5) is 22.0. The van der Waals surface area contributed by atoms with Gasteiger partial charge < -0.3 is 9.84 Å². The molecule has 1 aromatic carbocycles. The Labute approximate surface area is 104 Å². The highest BCUT2D eigenvalue weighted by Gasteiger charge is 2.06. The van der Waals surface area contributed by atoms with Crippen molar-refractivity contribution in [2.75, 3.05) is 12.5 Å². The van der Waals surface area contributed by atoms with Crippen molar-refractivity contribution in [3.8, 4) is 5.75 Å². The fourth-order valence-corrected chi connectivity index (χ4v) is 1.26. The third kappa shape index (κ3) is 5.36. The van der Waals surface area contributed by atoms with Crippen LogP contribution in [0.15, 0.2) is 24.3 Å². The lowest BCUT2D eigenvalue weighted by atomic mass is 10.1. The van der Waals surface area contributed by atoms with E-state index in [0.29, 0.717) is 6.42 Å². The number of hydrogen-bond acceptors (Lipinski definition) is 4. The fraction of sp³-hybridized carbons (Fsp3) is 0.333. The molecule has 0 aliphatic carbocycles. The summed E-state index contributed by atoms with van der Waals surface area (Å²) in [6, 6.07) is 6.56. The van der Waals surface area contributed by atoms with Crippen molar-refractivity contribution in [1.82, 2.24) is 0 Å². The second-order valence-corrected chi connectivity index (χ2v) is 3.77. The number of halogens is 1. The molecule has 0 saturated heterocycles. The van der Waals surface area contributed by atoms with E-state index in [9.17, 15) is 9.59 Å². The number of benzene rings is 1. The van der Waals surface area contributed by atoms with Crippen LogP contribution in [0.1, 0.15) is 12.0 Å². The number of ketones is 1. The van der Waals surface area contributed by atoms with Crippen LogP contribution in [-0.4, -0.2) is 29.3 Å². The van der Waals surface area contributed by atoms with Gasteiger partial charge in [-0.3, -0.25) is 9.59 Å². The lowest BCUT2D eigenvalue weighted by Crippen LogP contribution is -2.15. The number of phenolic OH excluding ortho intramolecular Hbond substituents is 1. The number of alkyl halides is 1. The number of phenols is 1. The minimum absolute atomic E-state index is 0.148. The average Bonchev–Trinajstić information content (AvgIpc) is 2.35. The molecule has 0 aliphatic rings. The number of carbonyl (C=O) groups is 2. The van der Waals surface area contributed by atoms with Crippen LogP contribution in [0.3, 0.4) is 0 Å². The van der Waals surface area contributed by atoms with Crippen LogP contribution in [0.25, 0.3) is 0 Å². The van der Waals surface area contributed by atoms with Gasteiger partial charge in [-0.1, -0.05) is 12.1 Å². The smallest absolute Gasteiger partial charge is 0.306 e. The molecular formula is C12H13ClO4. The summed E-state index contributed by atoms with van der Waals surface area (Å²) in [5.74, 6) is -0.712. The number of hydrogen-bond donors (Lipinski definition) is 1. The van der Waals surface area contributed by atoms with Crippen molar-refractivity contribution in [3.05, 3.63) is 29.8 Å². The third-order valence-electron chi connectivity index (χ3n) is 2.10. The van der Waals surface area contributed by atoms with E-state index in [2.05, 4.69) is 0 Å². The molecule has 0 heterocycles. The molecule has 4 nitrogen and oxygen atoms in total. The topological polar surface area (TPSA) is 63.6 Å². The first kappa shape index (κ1) is 13.5. The maximum Gasteiger partial charge on any atom is 0.306 e. The van der Waals surface area contributed by atoms with E-state index < -0.39 is 5.97 Å². The molecule has 0 atom stereocenters. The van der Waals surface area contributed by atoms with Gasteiger partial charge in [-0.15, -0.1) is 11.6 Å². The summed E-state index contributed by atoms with van der Waals surface area (Å²) in [5.41, 5.74) is 0.920. The minimum atomic E-state index is -0.434. The van der Waals surface area contributed by atoms with Crippen LogP contribution >= 0.6 is 11.6 Å². The molecule has 0 amide bonds. The zero-order chi connectivity index (χ0) is 12.7. The highest BCUT2D eigenvalue weighted by atomic mass is 35.5. The molecule has 0 spiro atoms. The highest BCUT2D eigenvalue weighted by molar-refractivity contribution is 6.27. The summed E-state index contributed by atoms with van der Waals surface area (Å²) >= 11 is 5.26. The van der Waals surface area contributed by atoms with Gasteiger partial charge in [0.1, 0.15) is 5.75 Å². The van der Waals surface area contributed by atoms with Gasteiger partial charge in [0.25, 0.3) is 0 Å². The maximum absolute atomic E-state index is 11.2. The molecule has 0 saturated carbocycles. The first-order chi connectivity index (χ1) is 8.11. The van der Waals surface area contributed by atoms with Gasteiger partial charge in [0.15, 0.2) is 12.4 Å². The van der Waals surface area contributed by atoms with Gasteiger partial charge in [0.05, 0.1) is 5.88 Å². The summed E-state index contributed by atoms with van der Waals surface area (Å²) in [6.45, 7) is -0.266. The number of rotatable bonds is 6. The molecule has 92 valence electrons. The molecule has 0 aromatic heterocycles. The Balaban J connectivity index is 2.28. The predicted octanol–water partition coefficient (Wildman–Crippen LogP) is 1.68. The van der Waals surface area contributed by atoms with Gasteiger partial charge in [-0.2, -0.15) is 0 Å². The Morgan fingerprint density at radius 2 is 1.88 bits per heavy atom. The molecule has 0 fully saturated rings. The van der Waals surface area contributed by atoms with Crippen molar-refractivity contribution in [2.45, 2.75) is 12.8 Å². The van der Waals surface area contributed by atoms with Crippen molar-refractivity contribution in [3.63, 3.8) is 0 Å². The maximum atomic E-state index is 11.2. The molecule has 5 heteroatoms. The number of aromatic hydroxyl groups is 1. The van der Waals surface area contributed by atoms with Gasteiger partial charge >= 0.3 is 5.97 Å². The summed E-state index contributed by atoms with van der Waals surface area (Å²) in [5, 5.41) is 9.06. The first-order valence-electron chi connectivity index (χ1n) is 5.13. The van der Waals surface area contributed by atoms with Crippen molar-refractivity contribution in [1.29, 1.82) is 0 Å². The van der Waals surface area contributed by atoms with Crippen LogP contribution < -0.4 is 0 Å². The molecular weight excluding hydrogens is 244 g/mol. The fourth-order valence-electron chi connectivity index (χ4n) is 1.18.